The molecule has 1 N–H and O–H groups in total. The van der Waals surface area contributed by atoms with E-state index < -0.39 is 0 Å². The van der Waals surface area contributed by atoms with Crippen LogP contribution in [0.25, 0.3) is 0 Å². The fourth-order valence-electron chi connectivity index (χ4n) is 2.64. The minimum atomic E-state index is -0.123. The van der Waals surface area contributed by atoms with Crippen molar-refractivity contribution in [3.8, 4) is 11.5 Å². The summed E-state index contributed by atoms with van der Waals surface area (Å²) in [5.41, 5.74) is 1.67. The third kappa shape index (κ3) is 5.90. The van der Waals surface area contributed by atoms with Gasteiger partial charge in [-0.1, -0.05) is 23.4 Å². The van der Waals surface area contributed by atoms with Crippen molar-refractivity contribution in [1.82, 2.24) is 14.8 Å². The zero-order chi connectivity index (χ0) is 21.5. The van der Waals surface area contributed by atoms with Gasteiger partial charge in [-0.2, -0.15) is 0 Å². The normalized spacial score (nSPS) is 10.7. The summed E-state index contributed by atoms with van der Waals surface area (Å²) in [6, 6.07) is 12.7. The van der Waals surface area contributed by atoms with Crippen LogP contribution in [0.2, 0.25) is 5.02 Å². The molecule has 0 unspecified atom stereocenters. The highest BCUT2D eigenvalue weighted by atomic mass is 35.5. The van der Waals surface area contributed by atoms with Crippen LogP contribution in [0.4, 0.5) is 5.69 Å². The van der Waals surface area contributed by atoms with Crippen LogP contribution >= 0.6 is 23.4 Å². The first-order valence-corrected chi connectivity index (χ1v) is 10.8. The van der Waals surface area contributed by atoms with Gasteiger partial charge < -0.3 is 19.4 Å². The molecule has 9 heteroatoms. The number of carbonyl (C=O) groups excluding carboxylic acids is 1. The molecule has 7 nitrogen and oxygen atoms in total. The Morgan fingerprint density at radius 1 is 1.17 bits per heavy atom. The number of halogens is 1. The number of anilines is 1. The van der Waals surface area contributed by atoms with Crippen LogP contribution in [0.15, 0.2) is 47.6 Å². The molecule has 1 amide bonds. The Labute approximate surface area is 184 Å². The molecular formula is C21H23ClN4O3S. The highest BCUT2D eigenvalue weighted by Crippen LogP contribution is 2.23. The molecule has 0 radical (unpaired) electrons. The van der Waals surface area contributed by atoms with Crippen molar-refractivity contribution in [3.63, 3.8) is 0 Å². The average molecular weight is 447 g/mol. The molecule has 0 bridgehead atoms. The third-order valence-corrected chi connectivity index (χ3v) is 5.46. The topological polar surface area (TPSA) is 78.3 Å². The first kappa shape index (κ1) is 22.0. The minimum absolute atomic E-state index is 0.123. The number of rotatable bonds is 9. The van der Waals surface area contributed by atoms with Gasteiger partial charge >= 0.3 is 0 Å². The van der Waals surface area contributed by atoms with Crippen molar-refractivity contribution >= 4 is 35.0 Å². The van der Waals surface area contributed by atoms with E-state index in [9.17, 15) is 4.79 Å². The first-order valence-electron chi connectivity index (χ1n) is 9.39. The first-order chi connectivity index (χ1) is 14.5. The number of hydrogen-bond donors (Lipinski definition) is 1. The van der Waals surface area contributed by atoms with Crippen LogP contribution in [0, 0.1) is 6.92 Å². The maximum Gasteiger partial charge on any atom is 0.234 e. The van der Waals surface area contributed by atoms with Crippen LogP contribution in [0.3, 0.4) is 0 Å². The second-order valence-corrected chi connectivity index (χ2v) is 7.83. The van der Waals surface area contributed by atoms with Crippen molar-refractivity contribution in [2.45, 2.75) is 25.6 Å². The molecule has 158 valence electrons. The van der Waals surface area contributed by atoms with Crippen molar-refractivity contribution < 1.29 is 14.3 Å². The second-order valence-electron chi connectivity index (χ2n) is 6.45. The lowest BCUT2D eigenvalue weighted by atomic mass is 10.2. The molecular weight excluding hydrogens is 424 g/mol. The smallest absolute Gasteiger partial charge is 0.234 e. The molecule has 0 saturated heterocycles. The molecule has 0 aliphatic rings. The maximum absolute atomic E-state index is 12.2. The van der Waals surface area contributed by atoms with Crippen LogP contribution < -0.4 is 14.8 Å². The summed E-state index contributed by atoms with van der Waals surface area (Å²) in [7, 11) is 1.85. The van der Waals surface area contributed by atoms with Crippen LogP contribution in [-0.4, -0.2) is 33.0 Å². The number of carbonyl (C=O) groups is 1. The lowest BCUT2D eigenvalue weighted by Crippen LogP contribution is -2.14. The zero-order valence-electron chi connectivity index (χ0n) is 17.0. The van der Waals surface area contributed by atoms with Gasteiger partial charge in [0.15, 0.2) is 11.0 Å². The summed E-state index contributed by atoms with van der Waals surface area (Å²) in [5.74, 6) is 2.27. The van der Waals surface area contributed by atoms with Gasteiger partial charge in [-0.15, -0.1) is 10.2 Å². The molecule has 0 aliphatic carbocycles. The Morgan fingerprint density at radius 2 is 1.93 bits per heavy atom. The number of ether oxygens (including phenoxy) is 2. The Morgan fingerprint density at radius 3 is 2.63 bits per heavy atom. The molecule has 0 aliphatic heterocycles. The van der Waals surface area contributed by atoms with Gasteiger partial charge in [-0.25, -0.2) is 0 Å². The molecule has 0 fully saturated rings. The number of hydrogen-bond acceptors (Lipinski definition) is 6. The van der Waals surface area contributed by atoms with E-state index in [1.54, 1.807) is 6.07 Å². The average Bonchev–Trinajstić information content (AvgIpc) is 3.07. The summed E-state index contributed by atoms with van der Waals surface area (Å²) < 4.78 is 13.0. The van der Waals surface area contributed by atoms with Gasteiger partial charge in [0.05, 0.1) is 12.4 Å². The molecule has 3 rings (SSSR count). The molecule has 0 saturated carbocycles. The fraction of sp³-hybridized carbons (Fsp3) is 0.286. The molecule has 0 atom stereocenters. The standard InChI is InChI=1S/C21H23ClN4O3S/c1-4-28-17-8-6-16(7-9-17)23-20(27)13-30-21-25-24-19(26(21)3)12-29-18-10-5-15(22)11-14(18)2/h5-11H,4,12-13H2,1-3H3,(H,23,27). The molecule has 1 aromatic heterocycles. The number of nitrogens with one attached hydrogen (secondary N) is 1. The largest absolute Gasteiger partial charge is 0.494 e. The summed E-state index contributed by atoms with van der Waals surface area (Å²) in [4.78, 5) is 12.2. The van der Waals surface area contributed by atoms with Crippen LogP contribution in [0.5, 0.6) is 11.5 Å². The zero-order valence-corrected chi connectivity index (χ0v) is 18.6. The number of aromatic nitrogens is 3. The van der Waals surface area contributed by atoms with Crippen molar-refractivity contribution in [2.75, 3.05) is 17.7 Å². The number of nitrogens with zero attached hydrogens (tertiary/aromatic N) is 3. The van der Waals surface area contributed by atoms with E-state index in [0.29, 0.717) is 22.6 Å². The summed E-state index contributed by atoms with van der Waals surface area (Å²) in [5, 5.41) is 12.5. The summed E-state index contributed by atoms with van der Waals surface area (Å²) >= 11 is 7.28. The van der Waals surface area contributed by atoms with E-state index in [1.807, 2.05) is 61.9 Å². The monoisotopic (exact) mass is 446 g/mol. The highest BCUT2D eigenvalue weighted by molar-refractivity contribution is 7.99. The lowest BCUT2D eigenvalue weighted by Gasteiger charge is -2.09. The maximum atomic E-state index is 12.2. The van der Waals surface area contributed by atoms with E-state index in [-0.39, 0.29) is 18.3 Å². The molecule has 3 aromatic rings. The fourth-order valence-corrected chi connectivity index (χ4v) is 3.60. The van der Waals surface area contributed by atoms with E-state index in [0.717, 1.165) is 22.7 Å². The molecule has 2 aromatic carbocycles. The number of thioether (sulfide) groups is 1. The predicted octanol–water partition coefficient (Wildman–Crippen LogP) is 4.49. The number of benzene rings is 2. The Bertz CT molecular complexity index is 1010. The SMILES string of the molecule is CCOc1ccc(NC(=O)CSc2nnc(COc3ccc(Cl)cc3C)n2C)cc1. The van der Waals surface area contributed by atoms with Gasteiger partial charge in [0, 0.05) is 17.8 Å². The van der Waals surface area contributed by atoms with Gasteiger partial charge in [0.1, 0.15) is 18.1 Å². The van der Waals surface area contributed by atoms with Crippen molar-refractivity contribution in [3.05, 3.63) is 58.9 Å². The number of amides is 1. The predicted molar refractivity (Wildman–Crippen MR) is 118 cm³/mol. The van der Waals surface area contributed by atoms with E-state index in [1.165, 1.54) is 11.8 Å². The van der Waals surface area contributed by atoms with Gasteiger partial charge in [-0.05, 0) is 61.9 Å². The van der Waals surface area contributed by atoms with E-state index >= 15 is 0 Å². The molecule has 30 heavy (non-hydrogen) atoms. The quantitative estimate of drug-likeness (QED) is 0.488. The highest BCUT2D eigenvalue weighted by Gasteiger charge is 2.13. The van der Waals surface area contributed by atoms with Gasteiger partial charge in [-0.3, -0.25) is 4.79 Å². The van der Waals surface area contributed by atoms with Crippen LogP contribution in [0.1, 0.15) is 18.3 Å². The lowest BCUT2D eigenvalue weighted by molar-refractivity contribution is -0.113. The van der Waals surface area contributed by atoms with Crippen LogP contribution in [-0.2, 0) is 18.4 Å². The Balaban J connectivity index is 1.51. The van der Waals surface area contributed by atoms with E-state index in [2.05, 4.69) is 15.5 Å². The van der Waals surface area contributed by atoms with E-state index in [4.69, 9.17) is 21.1 Å². The second kappa shape index (κ2) is 10.4. The number of aryl methyl sites for hydroxylation is 1. The Kier molecular flexibility index (Phi) is 7.59. The van der Waals surface area contributed by atoms with Gasteiger partial charge in [0.2, 0.25) is 5.91 Å². The molecule has 0 spiro atoms. The van der Waals surface area contributed by atoms with Crippen molar-refractivity contribution in [2.24, 2.45) is 7.05 Å². The summed E-state index contributed by atoms with van der Waals surface area (Å²) in [6.07, 6.45) is 0. The van der Waals surface area contributed by atoms with Crippen molar-refractivity contribution in [1.29, 1.82) is 0 Å². The van der Waals surface area contributed by atoms with Gasteiger partial charge in [0.25, 0.3) is 0 Å². The third-order valence-electron chi connectivity index (χ3n) is 4.20. The molecule has 1 heterocycles. The Hall–Kier alpha value is -2.71. The summed E-state index contributed by atoms with van der Waals surface area (Å²) in [6.45, 7) is 4.73. The minimum Gasteiger partial charge on any atom is -0.494 e.